The van der Waals surface area contributed by atoms with Crippen LogP contribution < -0.4 is 5.32 Å². The molecule has 108 valence electrons. The molecule has 0 spiro atoms. The summed E-state index contributed by atoms with van der Waals surface area (Å²) in [5.74, 6) is -0.257. The first-order valence-corrected chi connectivity index (χ1v) is 8.50. The molecule has 1 N–H and O–H groups in total. The highest BCUT2D eigenvalue weighted by molar-refractivity contribution is 9.10. The minimum absolute atomic E-state index is 0.00866. The van der Waals surface area contributed by atoms with Crippen LogP contribution >= 0.6 is 50.5 Å². The van der Waals surface area contributed by atoms with Crippen molar-refractivity contribution in [2.24, 2.45) is 0 Å². The summed E-state index contributed by atoms with van der Waals surface area (Å²) in [4.78, 5) is 0. The van der Waals surface area contributed by atoms with Crippen molar-refractivity contribution in [3.05, 3.63) is 54.4 Å². The molecule has 0 radical (unpaired) electrons. The van der Waals surface area contributed by atoms with Crippen molar-refractivity contribution in [3.63, 3.8) is 0 Å². The molecule has 0 saturated heterocycles. The number of benzene rings is 1. The maximum atomic E-state index is 13.6. The predicted octanol–water partition coefficient (Wildman–Crippen LogP) is 5.85. The number of nitrogens with one attached hydrogen (secondary N) is 1. The first-order valence-electron chi connectivity index (χ1n) is 6.14. The molecule has 0 amide bonds. The van der Waals surface area contributed by atoms with Gasteiger partial charge in [0.1, 0.15) is 5.82 Å². The normalized spacial score (nSPS) is 12.7. The van der Waals surface area contributed by atoms with E-state index in [9.17, 15) is 4.39 Å². The van der Waals surface area contributed by atoms with Crippen molar-refractivity contribution in [2.75, 3.05) is 6.54 Å². The zero-order valence-corrected chi connectivity index (χ0v) is 14.6. The van der Waals surface area contributed by atoms with Gasteiger partial charge in [0.2, 0.25) is 0 Å². The Balaban J connectivity index is 2.30. The third kappa shape index (κ3) is 3.74. The van der Waals surface area contributed by atoms with Gasteiger partial charge in [0, 0.05) is 11.6 Å². The molecule has 1 aromatic heterocycles. The van der Waals surface area contributed by atoms with Crippen molar-refractivity contribution >= 4 is 50.5 Å². The Labute approximate surface area is 140 Å². The molecule has 6 heteroatoms. The Bertz CT molecular complexity index is 603. The minimum atomic E-state index is -0.257. The number of halogens is 4. The van der Waals surface area contributed by atoms with Gasteiger partial charge in [0.05, 0.1) is 13.1 Å². The van der Waals surface area contributed by atoms with Crippen molar-refractivity contribution in [2.45, 2.75) is 19.4 Å². The second kappa shape index (κ2) is 7.23. The van der Waals surface area contributed by atoms with Crippen LogP contribution in [-0.4, -0.2) is 6.54 Å². The van der Waals surface area contributed by atoms with Crippen LogP contribution in [0.15, 0.2) is 28.7 Å². The van der Waals surface area contributed by atoms with Gasteiger partial charge in [-0.25, -0.2) is 4.39 Å². The van der Waals surface area contributed by atoms with Crippen LogP contribution in [0.5, 0.6) is 0 Å². The molecule has 1 atom stereocenters. The smallest absolute Gasteiger partial charge is 0.137 e. The van der Waals surface area contributed by atoms with E-state index in [0.717, 1.165) is 17.7 Å². The van der Waals surface area contributed by atoms with Crippen LogP contribution in [0.3, 0.4) is 0 Å². The van der Waals surface area contributed by atoms with E-state index >= 15 is 0 Å². The highest BCUT2D eigenvalue weighted by Crippen LogP contribution is 2.37. The van der Waals surface area contributed by atoms with Gasteiger partial charge < -0.3 is 5.32 Å². The summed E-state index contributed by atoms with van der Waals surface area (Å²) in [6.45, 7) is 2.82. The first-order chi connectivity index (χ1) is 9.52. The minimum Gasteiger partial charge on any atom is -0.310 e. The van der Waals surface area contributed by atoms with Crippen LogP contribution in [0.1, 0.15) is 24.1 Å². The number of rotatable bonds is 5. The van der Waals surface area contributed by atoms with E-state index in [4.69, 9.17) is 23.2 Å². The maximum absolute atomic E-state index is 13.6. The van der Waals surface area contributed by atoms with Gasteiger partial charge in [-0.2, -0.15) is 0 Å². The third-order valence-corrected chi connectivity index (χ3v) is 5.37. The quantitative estimate of drug-likeness (QED) is 0.668. The highest BCUT2D eigenvalue weighted by atomic mass is 79.9. The summed E-state index contributed by atoms with van der Waals surface area (Å²) in [6.07, 6.45) is 0.638. The fraction of sp³-hybridized carbons (Fsp3) is 0.286. The van der Waals surface area contributed by atoms with Crippen LogP contribution in [0, 0.1) is 5.82 Å². The molecule has 2 rings (SSSR count). The molecular formula is C14H13BrCl2FNS. The van der Waals surface area contributed by atoms with Gasteiger partial charge >= 0.3 is 0 Å². The van der Waals surface area contributed by atoms with Gasteiger partial charge in [0.25, 0.3) is 0 Å². The van der Waals surface area contributed by atoms with Gasteiger partial charge in [-0.15, -0.1) is 11.3 Å². The number of likely N-dealkylation sites (N-methyl/N-ethyl adjacent to an activating group) is 1. The Hall–Kier alpha value is -0.130. The predicted molar refractivity (Wildman–Crippen MR) is 88.6 cm³/mol. The topological polar surface area (TPSA) is 12.0 Å². The van der Waals surface area contributed by atoms with Gasteiger partial charge in [-0.3, -0.25) is 0 Å². The van der Waals surface area contributed by atoms with E-state index in [0.29, 0.717) is 19.6 Å². The van der Waals surface area contributed by atoms with E-state index < -0.39 is 0 Å². The van der Waals surface area contributed by atoms with Crippen molar-refractivity contribution in [1.82, 2.24) is 5.32 Å². The molecule has 20 heavy (non-hydrogen) atoms. The molecule has 2 aromatic rings. The van der Waals surface area contributed by atoms with E-state index in [-0.39, 0.29) is 11.9 Å². The number of thiophene rings is 1. The lowest BCUT2D eigenvalue weighted by atomic mass is 10.0. The van der Waals surface area contributed by atoms with Crippen LogP contribution in [0.2, 0.25) is 8.67 Å². The zero-order chi connectivity index (χ0) is 14.7. The standard InChI is InChI=1S/C14H13BrCl2FNS/c1-2-19-11(9-7-12(16)20-14(9)17)6-8-4-3-5-10(18)13(8)15/h3-5,7,11,19H,2,6H2,1H3. The second-order valence-corrected chi connectivity index (χ2v) is 7.39. The molecule has 0 saturated carbocycles. The van der Waals surface area contributed by atoms with Crippen LogP contribution in [0.4, 0.5) is 4.39 Å². The fourth-order valence-electron chi connectivity index (χ4n) is 2.06. The third-order valence-electron chi connectivity index (χ3n) is 2.96. The van der Waals surface area contributed by atoms with Gasteiger partial charge in [-0.1, -0.05) is 42.3 Å². The van der Waals surface area contributed by atoms with E-state index in [2.05, 4.69) is 21.2 Å². The molecule has 1 heterocycles. The van der Waals surface area contributed by atoms with Crippen LogP contribution in [-0.2, 0) is 6.42 Å². The lowest BCUT2D eigenvalue weighted by Gasteiger charge is -2.18. The number of hydrogen-bond donors (Lipinski definition) is 1. The van der Waals surface area contributed by atoms with Gasteiger partial charge in [-0.05, 0) is 46.6 Å². The second-order valence-electron chi connectivity index (χ2n) is 4.31. The molecule has 1 aromatic carbocycles. The zero-order valence-electron chi connectivity index (χ0n) is 10.7. The van der Waals surface area contributed by atoms with Crippen molar-refractivity contribution < 1.29 is 4.39 Å². The summed E-state index contributed by atoms with van der Waals surface area (Å²) in [5.41, 5.74) is 1.86. The lowest BCUT2D eigenvalue weighted by molar-refractivity contribution is 0.546. The summed E-state index contributed by atoms with van der Waals surface area (Å²) in [7, 11) is 0. The van der Waals surface area contributed by atoms with E-state index in [1.165, 1.54) is 17.4 Å². The first kappa shape index (κ1) is 16.2. The molecule has 0 aliphatic carbocycles. The molecule has 0 aliphatic rings. The molecular weight excluding hydrogens is 384 g/mol. The maximum Gasteiger partial charge on any atom is 0.137 e. The fourth-order valence-corrected chi connectivity index (χ4v) is 4.06. The Morgan fingerprint density at radius 2 is 2.15 bits per heavy atom. The molecule has 0 fully saturated rings. The Morgan fingerprint density at radius 3 is 2.75 bits per heavy atom. The van der Waals surface area contributed by atoms with Crippen molar-refractivity contribution in [3.8, 4) is 0 Å². The Kier molecular flexibility index (Phi) is 5.87. The summed E-state index contributed by atoms with van der Waals surface area (Å²) < 4.78 is 15.4. The largest absolute Gasteiger partial charge is 0.310 e. The average Bonchev–Trinajstić information content (AvgIpc) is 2.73. The Morgan fingerprint density at radius 1 is 1.40 bits per heavy atom. The van der Waals surface area contributed by atoms with Gasteiger partial charge in [0.15, 0.2) is 0 Å². The number of hydrogen-bond acceptors (Lipinski definition) is 2. The lowest BCUT2D eigenvalue weighted by Crippen LogP contribution is -2.23. The summed E-state index contributed by atoms with van der Waals surface area (Å²) >= 11 is 16.9. The average molecular weight is 397 g/mol. The van der Waals surface area contributed by atoms with E-state index in [1.807, 2.05) is 19.1 Å². The monoisotopic (exact) mass is 395 g/mol. The molecule has 0 aliphatic heterocycles. The summed E-state index contributed by atoms with van der Waals surface area (Å²) in [6, 6.07) is 6.92. The van der Waals surface area contributed by atoms with E-state index in [1.54, 1.807) is 6.07 Å². The highest BCUT2D eigenvalue weighted by Gasteiger charge is 2.19. The SMILES string of the molecule is CCNC(Cc1cccc(F)c1Br)c1cc(Cl)sc1Cl. The molecule has 0 bridgehead atoms. The summed E-state index contributed by atoms with van der Waals surface area (Å²) in [5, 5.41) is 3.37. The molecule has 1 unspecified atom stereocenters. The molecule has 1 nitrogen and oxygen atoms in total. The van der Waals surface area contributed by atoms with Crippen LogP contribution in [0.25, 0.3) is 0 Å². The van der Waals surface area contributed by atoms with Crippen molar-refractivity contribution in [1.29, 1.82) is 0 Å².